The van der Waals surface area contributed by atoms with Gasteiger partial charge in [-0.3, -0.25) is 0 Å². The van der Waals surface area contributed by atoms with E-state index in [2.05, 4.69) is 31.0 Å². The largest absolute Gasteiger partial charge is 0.244 e. The van der Waals surface area contributed by atoms with Crippen molar-refractivity contribution in [3.8, 4) is 0 Å². The van der Waals surface area contributed by atoms with Crippen molar-refractivity contribution < 1.29 is 0 Å². The number of aromatic nitrogens is 4. The molecule has 2 aromatic heterocycles. The minimum Gasteiger partial charge on any atom is -0.244 e. The van der Waals surface area contributed by atoms with Crippen LogP contribution in [0.4, 0.5) is 0 Å². The molecule has 5 heteroatoms. The van der Waals surface area contributed by atoms with E-state index in [1.807, 2.05) is 6.92 Å². The molecule has 0 aliphatic carbocycles. The molecule has 4 nitrogen and oxygen atoms in total. The molecule has 2 rings (SSSR count). The number of hydrogen-bond donors (Lipinski definition) is 0. The van der Waals surface area contributed by atoms with Gasteiger partial charge in [-0.15, -0.1) is 0 Å². The summed E-state index contributed by atoms with van der Waals surface area (Å²) >= 11 is 3.28. The molecule has 0 atom stereocenters. The van der Waals surface area contributed by atoms with Gasteiger partial charge in [0.15, 0.2) is 10.3 Å². The van der Waals surface area contributed by atoms with Crippen molar-refractivity contribution >= 4 is 21.6 Å². The van der Waals surface area contributed by atoms with Crippen LogP contribution in [0.15, 0.2) is 17.0 Å². The first-order valence-electron chi connectivity index (χ1n) is 3.11. The van der Waals surface area contributed by atoms with Crippen LogP contribution >= 0.6 is 15.9 Å². The van der Waals surface area contributed by atoms with Crippen molar-refractivity contribution in [2.75, 3.05) is 0 Å². The van der Waals surface area contributed by atoms with E-state index in [0.29, 0.717) is 0 Å². The number of aryl methyl sites for hydroxylation is 1. The zero-order valence-corrected chi connectivity index (χ0v) is 7.41. The van der Waals surface area contributed by atoms with Crippen LogP contribution in [-0.2, 0) is 0 Å². The van der Waals surface area contributed by atoms with E-state index < -0.39 is 0 Å². The standard InChI is InChI=1S/C6H5BrN4/c1-4-9-6-5(7)8-2-3-11(6)10-4/h2-3H,1H3. The predicted molar refractivity (Wildman–Crippen MR) is 43.2 cm³/mol. The van der Waals surface area contributed by atoms with Gasteiger partial charge in [-0.1, -0.05) is 0 Å². The lowest BCUT2D eigenvalue weighted by molar-refractivity contribution is 0.916. The molecule has 0 fully saturated rings. The molecule has 0 radical (unpaired) electrons. The molecule has 2 aromatic rings. The fourth-order valence-electron chi connectivity index (χ4n) is 0.894. The van der Waals surface area contributed by atoms with Gasteiger partial charge in [0.05, 0.1) is 0 Å². The lowest BCUT2D eigenvalue weighted by Gasteiger charge is -1.89. The van der Waals surface area contributed by atoms with Crippen molar-refractivity contribution in [1.82, 2.24) is 19.6 Å². The van der Waals surface area contributed by atoms with Crippen molar-refractivity contribution in [2.24, 2.45) is 0 Å². The fourth-order valence-corrected chi connectivity index (χ4v) is 1.28. The molecule has 2 heterocycles. The summed E-state index contributed by atoms with van der Waals surface area (Å²) in [5.74, 6) is 0.749. The van der Waals surface area contributed by atoms with Crippen molar-refractivity contribution in [3.05, 3.63) is 22.8 Å². The molecular formula is C6H5BrN4. The maximum absolute atomic E-state index is 4.16. The Morgan fingerprint density at radius 2 is 2.36 bits per heavy atom. The SMILES string of the molecule is Cc1nc2c(Br)nccn2n1. The van der Waals surface area contributed by atoms with Gasteiger partial charge in [0.25, 0.3) is 0 Å². The fraction of sp³-hybridized carbons (Fsp3) is 0.167. The summed E-state index contributed by atoms with van der Waals surface area (Å²) in [5.41, 5.74) is 0.755. The van der Waals surface area contributed by atoms with E-state index in [1.54, 1.807) is 16.9 Å². The molecule has 56 valence electrons. The molecule has 0 saturated heterocycles. The highest BCUT2D eigenvalue weighted by Crippen LogP contribution is 2.11. The molecule has 0 aliphatic heterocycles. The van der Waals surface area contributed by atoms with Gasteiger partial charge in [0.2, 0.25) is 0 Å². The van der Waals surface area contributed by atoms with Crippen molar-refractivity contribution in [3.63, 3.8) is 0 Å². The maximum Gasteiger partial charge on any atom is 0.188 e. The van der Waals surface area contributed by atoms with Gasteiger partial charge in [-0.25, -0.2) is 14.5 Å². The van der Waals surface area contributed by atoms with Crippen LogP contribution in [0.2, 0.25) is 0 Å². The topological polar surface area (TPSA) is 43.1 Å². The van der Waals surface area contributed by atoms with Crippen molar-refractivity contribution in [1.29, 1.82) is 0 Å². The van der Waals surface area contributed by atoms with E-state index in [4.69, 9.17) is 0 Å². The second-order valence-electron chi connectivity index (χ2n) is 2.15. The lowest BCUT2D eigenvalue weighted by atomic mass is 10.7. The third-order valence-corrected chi connectivity index (χ3v) is 1.88. The van der Waals surface area contributed by atoms with Gasteiger partial charge in [-0.05, 0) is 22.9 Å². The Hall–Kier alpha value is -0.970. The highest BCUT2D eigenvalue weighted by molar-refractivity contribution is 9.10. The molecule has 0 bridgehead atoms. The summed E-state index contributed by atoms with van der Waals surface area (Å²) in [7, 11) is 0. The number of nitrogens with zero attached hydrogens (tertiary/aromatic N) is 4. The van der Waals surface area contributed by atoms with Gasteiger partial charge in [-0.2, -0.15) is 5.10 Å². The Kier molecular flexibility index (Phi) is 1.38. The summed E-state index contributed by atoms with van der Waals surface area (Å²) < 4.78 is 2.41. The van der Waals surface area contributed by atoms with Gasteiger partial charge in [0.1, 0.15) is 5.82 Å². The highest BCUT2D eigenvalue weighted by Gasteiger charge is 2.02. The molecule has 11 heavy (non-hydrogen) atoms. The second kappa shape index (κ2) is 2.27. The Balaban J connectivity index is 2.90. The summed E-state index contributed by atoms with van der Waals surface area (Å²) in [6.07, 6.45) is 3.44. The quantitative estimate of drug-likeness (QED) is 0.660. The molecule has 0 spiro atoms. The minimum atomic E-state index is 0.723. The molecule has 0 aliphatic rings. The van der Waals surface area contributed by atoms with Crippen LogP contribution in [0.25, 0.3) is 5.65 Å². The average molecular weight is 213 g/mol. The highest BCUT2D eigenvalue weighted by atomic mass is 79.9. The Morgan fingerprint density at radius 3 is 3.09 bits per heavy atom. The van der Waals surface area contributed by atoms with E-state index >= 15 is 0 Å². The van der Waals surface area contributed by atoms with Crippen LogP contribution in [0, 0.1) is 6.92 Å². The van der Waals surface area contributed by atoms with Gasteiger partial charge in [0, 0.05) is 12.4 Å². The smallest absolute Gasteiger partial charge is 0.188 e. The maximum atomic E-state index is 4.16. The monoisotopic (exact) mass is 212 g/mol. The van der Waals surface area contributed by atoms with E-state index in [-0.39, 0.29) is 0 Å². The number of halogens is 1. The van der Waals surface area contributed by atoms with Crippen LogP contribution < -0.4 is 0 Å². The van der Waals surface area contributed by atoms with Crippen LogP contribution in [0.3, 0.4) is 0 Å². The van der Waals surface area contributed by atoms with E-state index in [1.165, 1.54) is 0 Å². The Bertz CT molecular complexity index is 394. The summed E-state index contributed by atoms with van der Waals surface area (Å²) in [6, 6.07) is 0. The molecule has 0 aromatic carbocycles. The Labute approximate surface area is 71.4 Å². The lowest BCUT2D eigenvalue weighted by Crippen LogP contribution is -1.88. The number of rotatable bonds is 0. The average Bonchev–Trinajstić information content (AvgIpc) is 2.31. The zero-order valence-electron chi connectivity index (χ0n) is 5.82. The summed E-state index contributed by atoms with van der Waals surface area (Å²) in [5, 5.41) is 4.11. The molecular weight excluding hydrogens is 208 g/mol. The van der Waals surface area contributed by atoms with E-state index in [9.17, 15) is 0 Å². The Morgan fingerprint density at radius 1 is 1.55 bits per heavy atom. The normalized spacial score (nSPS) is 10.7. The van der Waals surface area contributed by atoms with Crippen LogP contribution in [0.5, 0.6) is 0 Å². The number of fused-ring (bicyclic) bond motifs is 1. The summed E-state index contributed by atoms with van der Waals surface area (Å²) in [4.78, 5) is 8.17. The van der Waals surface area contributed by atoms with Gasteiger partial charge < -0.3 is 0 Å². The first kappa shape index (κ1) is 6.72. The summed E-state index contributed by atoms with van der Waals surface area (Å²) in [6.45, 7) is 1.85. The molecule has 0 unspecified atom stereocenters. The van der Waals surface area contributed by atoms with Crippen LogP contribution in [0.1, 0.15) is 5.82 Å². The third kappa shape index (κ3) is 1.01. The zero-order chi connectivity index (χ0) is 7.84. The molecule has 0 amide bonds. The first-order chi connectivity index (χ1) is 5.27. The predicted octanol–water partition coefficient (Wildman–Crippen LogP) is 1.20. The third-order valence-electron chi connectivity index (χ3n) is 1.32. The number of hydrogen-bond acceptors (Lipinski definition) is 3. The molecule has 0 N–H and O–H groups in total. The van der Waals surface area contributed by atoms with Crippen molar-refractivity contribution in [2.45, 2.75) is 6.92 Å². The van der Waals surface area contributed by atoms with Crippen LogP contribution in [-0.4, -0.2) is 19.6 Å². The minimum absolute atomic E-state index is 0.723. The second-order valence-corrected chi connectivity index (χ2v) is 2.90. The van der Waals surface area contributed by atoms with Gasteiger partial charge >= 0.3 is 0 Å². The first-order valence-corrected chi connectivity index (χ1v) is 3.90. The van der Waals surface area contributed by atoms with E-state index in [0.717, 1.165) is 16.1 Å². The molecule has 0 saturated carbocycles.